The SMILES string of the molecule is CCCOc1cccc2c1[nH]c(=S)n2C1(C)CCCCC1. The van der Waals surface area contributed by atoms with Crippen LogP contribution in [-0.2, 0) is 5.54 Å². The Morgan fingerprint density at radius 2 is 2.05 bits per heavy atom. The van der Waals surface area contributed by atoms with Gasteiger partial charge in [0.15, 0.2) is 4.77 Å². The van der Waals surface area contributed by atoms with Gasteiger partial charge in [0, 0.05) is 5.54 Å². The molecule has 0 atom stereocenters. The Bertz CT molecular complexity index is 680. The van der Waals surface area contributed by atoms with Crippen LogP contribution < -0.4 is 4.74 Å². The number of hydrogen-bond acceptors (Lipinski definition) is 2. The van der Waals surface area contributed by atoms with Crippen LogP contribution >= 0.6 is 12.2 Å². The maximum absolute atomic E-state index is 5.87. The summed E-state index contributed by atoms with van der Waals surface area (Å²) in [5.41, 5.74) is 2.36. The Balaban J connectivity index is 2.11. The van der Waals surface area contributed by atoms with E-state index in [1.807, 2.05) is 6.07 Å². The molecule has 0 spiro atoms. The topological polar surface area (TPSA) is 29.9 Å². The van der Waals surface area contributed by atoms with E-state index in [0.717, 1.165) is 29.1 Å². The molecule has 1 aromatic carbocycles. The second-order valence-corrected chi connectivity index (χ2v) is 6.71. The summed E-state index contributed by atoms with van der Waals surface area (Å²) in [5.74, 6) is 0.915. The first-order valence-corrected chi connectivity index (χ1v) is 8.43. The fraction of sp³-hybridized carbons (Fsp3) is 0.588. The van der Waals surface area contributed by atoms with E-state index in [9.17, 15) is 0 Å². The van der Waals surface area contributed by atoms with Crippen molar-refractivity contribution < 1.29 is 4.74 Å². The van der Waals surface area contributed by atoms with Crippen LogP contribution in [0.2, 0.25) is 0 Å². The number of ether oxygens (including phenoxy) is 1. The van der Waals surface area contributed by atoms with Crippen molar-refractivity contribution in [2.45, 2.75) is 57.9 Å². The van der Waals surface area contributed by atoms with Crippen LogP contribution in [0.5, 0.6) is 5.75 Å². The highest BCUT2D eigenvalue weighted by Crippen LogP contribution is 2.38. The molecule has 1 N–H and O–H groups in total. The maximum atomic E-state index is 5.87. The molecule has 0 bridgehead atoms. The maximum Gasteiger partial charge on any atom is 0.178 e. The molecule has 1 fully saturated rings. The summed E-state index contributed by atoms with van der Waals surface area (Å²) in [7, 11) is 0. The van der Waals surface area contributed by atoms with Gasteiger partial charge in [-0.2, -0.15) is 0 Å². The number of nitrogens with one attached hydrogen (secondary N) is 1. The lowest BCUT2D eigenvalue weighted by Crippen LogP contribution is -2.32. The molecule has 0 unspecified atom stereocenters. The molecule has 3 rings (SSSR count). The number of hydrogen-bond donors (Lipinski definition) is 1. The molecule has 1 saturated carbocycles. The number of aromatic nitrogens is 2. The van der Waals surface area contributed by atoms with Crippen molar-refractivity contribution >= 4 is 23.3 Å². The standard InChI is InChI=1S/C17H24N2OS/c1-3-12-20-14-9-7-8-13-15(14)18-16(21)19(13)17(2)10-5-4-6-11-17/h7-9H,3-6,10-12H2,1-2H3,(H,18,21). The largest absolute Gasteiger partial charge is 0.491 e. The van der Waals surface area contributed by atoms with E-state index in [-0.39, 0.29) is 5.54 Å². The van der Waals surface area contributed by atoms with Crippen molar-refractivity contribution in [1.29, 1.82) is 0 Å². The van der Waals surface area contributed by atoms with Crippen molar-refractivity contribution in [3.05, 3.63) is 23.0 Å². The zero-order chi connectivity index (χ0) is 14.9. The fourth-order valence-electron chi connectivity index (χ4n) is 3.51. The average Bonchev–Trinajstić information content (AvgIpc) is 2.83. The summed E-state index contributed by atoms with van der Waals surface area (Å²) in [6, 6.07) is 6.25. The summed E-state index contributed by atoms with van der Waals surface area (Å²) >= 11 is 5.63. The van der Waals surface area contributed by atoms with Gasteiger partial charge in [-0.15, -0.1) is 0 Å². The number of fused-ring (bicyclic) bond motifs is 1. The first-order valence-electron chi connectivity index (χ1n) is 8.03. The summed E-state index contributed by atoms with van der Waals surface area (Å²) < 4.78 is 9.02. The van der Waals surface area contributed by atoms with Gasteiger partial charge in [-0.05, 0) is 50.5 Å². The van der Waals surface area contributed by atoms with Crippen molar-refractivity contribution in [3.8, 4) is 5.75 Å². The van der Waals surface area contributed by atoms with Crippen molar-refractivity contribution in [2.24, 2.45) is 0 Å². The predicted octanol–water partition coefficient (Wildman–Crippen LogP) is 5.17. The first-order chi connectivity index (χ1) is 10.2. The molecule has 3 nitrogen and oxygen atoms in total. The average molecular weight is 304 g/mol. The molecule has 0 aliphatic heterocycles. The highest BCUT2D eigenvalue weighted by Gasteiger charge is 2.31. The van der Waals surface area contributed by atoms with Crippen LogP contribution in [0.1, 0.15) is 52.4 Å². The Kier molecular flexibility index (Phi) is 4.07. The molecule has 1 aliphatic carbocycles. The smallest absolute Gasteiger partial charge is 0.178 e. The molecule has 4 heteroatoms. The molecule has 1 aromatic heterocycles. The van der Waals surface area contributed by atoms with Crippen LogP contribution in [0.25, 0.3) is 11.0 Å². The third-order valence-corrected chi connectivity index (χ3v) is 4.90. The molecule has 21 heavy (non-hydrogen) atoms. The molecule has 2 aromatic rings. The van der Waals surface area contributed by atoms with Gasteiger partial charge < -0.3 is 14.3 Å². The minimum absolute atomic E-state index is 0.136. The van der Waals surface area contributed by atoms with Crippen molar-refractivity contribution in [3.63, 3.8) is 0 Å². The second kappa shape index (κ2) is 5.84. The van der Waals surface area contributed by atoms with E-state index < -0.39 is 0 Å². The number of H-pyrrole nitrogens is 1. The molecule has 114 valence electrons. The number of para-hydroxylation sites is 1. The van der Waals surface area contributed by atoms with E-state index in [0.29, 0.717) is 0 Å². The van der Waals surface area contributed by atoms with Gasteiger partial charge in [-0.1, -0.05) is 32.3 Å². The minimum atomic E-state index is 0.136. The summed E-state index contributed by atoms with van der Waals surface area (Å²) in [6.07, 6.45) is 7.34. The lowest BCUT2D eigenvalue weighted by Gasteiger charge is -2.35. The second-order valence-electron chi connectivity index (χ2n) is 6.32. The van der Waals surface area contributed by atoms with E-state index >= 15 is 0 Å². The Labute approximate surface area is 131 Å². The Morgan fingerprint density at radius 3 is 2.76 bits per heavy atom. The zero-order valence-corrected chi connectivity index (χ0v) is 13.8. The number of aromatic amines is 1. The van der Waals surface area contributed by atoms with Gasteiger partial charge in [0.05, 0.1) is 12.1 Å². The fourth-order valence-corrected chi connectivity index (χ4v) is 3.93. The number of imidazole rings is 1. The predicted molar refractivity (Wildman–Crippen MR) is 89.6 cm³/mol. The van der Waals surface area contributed by atoms with Gasteiger partial charge in [0.2, 0.25) is 0 Å². The molecule has 1 aliphatic rings. The van der Waals surface area contributed by atoms with Gasteiger partial charge in [0.25, 0.3) is 0 Å². The molecular weight excluding hydrogens is 280 g/mol. The van der Waals surface area contributed by atoms with Crippen LogP contribution in [-0.4, -0.2) is 16.2 Å². The van der Waals surface area contributed by atoms with E-state index in [2.05, 4.69) is 35.5 Å². The molecule has 1 heterocycles. The third-order valence-electron chi connectivity index (χ3n) is 4.61. The number of benzene rings is 1. The van der Waals surface area contributed by atoms with Gasteiger partial charge in [0.1, 0.15) is 11.3 Å². The lowest BCUT2D eigenvalue weighted by molar-refractivity contribution is 0.222. The van der Waals surface area contributed by atoms with Crippen LogP contribution in [0, 0.1) is 4.77 Å². The van der Waals surface area contributed by atoms with Crippen LogP contribution in [0.15, 0.2) is 18.2 Å². The Morgan fingerprint density at radius 1 is 1.29 bits per heavy atom. The monoisotopic (exact) mass is 304 g/mol. The van der Waals surface area contributed by atoms with Crippen LogP contribution in [0.4, 0.5) is 0 Å². The molecule has 0 amide bonds. The summed E-state index contributed by atoms with van der Waals surface area (Å²) in [5, 5.41) is 0. The molecule has 0 saturated heterocycles. The normalized spacial score (nSPS) is 18.0. The Hall–Kier alpha value is -1.29. The van der Waals surface area contributed by atoms with E-state index in [1.54, 1.807) is 0 Å². The van der Waals surface area contributed by atoms with Crippen molar-refractivity contribution in [1.82, 2.24) is 9.55 Å². The van der Waals surface area contributed by atoms with Gasteiger partial charge >= 0.3 is 0 Å². The van der Waals surface area contributed by atoms with Gasteiger partial charge in [-0.3, -0.25) is 0 Å². The van der Waals surface area contributed by atoms with E-state index in [4.69, 9.17) is 17.0 Å². The van der Waals surface area contributed by atoms with Gasteiger partial charge in [-0.25, -0.2) is 0 Å². The van der Waals surface area contributed by atoms with Crippen LogP contribution in [0.3, 0.4) is 0 Å². The quantitative estimate of drug-likeness (QED) is 0.790. The van der Waals surface area contributed by atoms with E-state index in [1.165, 1.54) is 37.6 Å². The first kappa shape index (κ1) is 14.6. The number of nitrogens with zero attached hydrogens (tertiary/aromatic N) is 1. The highest BCUT2D eigenvalue weighted by molar-refractivity contribution is 7.71. The molecular formula is C17H24N2OS. The minimum Gasteiger partial charge on any atom is -0.491 e. The zero-order valence-electron chi connectivity index (χ0n) is 12.9. The van der Waals surface area contributed by atoms with Crippen molar-refractivity contribution in [2.75, 3.05) is 6.61 Å². The highest BCUT2D eigenvalue weighted by atomic mass is 32.1. The summed E-state index contributed by atoms with van der Waals surface area (Å²) in [4.78, 5) is 3.38. The lowest BCUT2D eigenvalue weighted by atomic mass is 9.83. The summed E-state index contributed by atoms with van der Waals surface area (Å²) in [6.45, 7) is 5.20. The number of rotatable bonds is 4. The molecule has 0 radical (unpaired) electrons. The third kappa shape index (κ3) is 2.61.